The molecule has 128 valence electrons. The van der Waals surface area contributed by atoms with Crippen LogP contribution >= 0.6 is 11.3 Å². The van der Waals surface area contributed by atoms with Crippen molar-refractivity contribution < 1.29 is 4.79 Å². The van der Waals surface area contributed by atoms with Crippen LogP contribution in [0, 0.1) is 13.8 Å². The lowest BCUT2D eigenvalue weighted by Gasteiger charge is -2.03. The molecule has 0 aliphatic carbocycles. The van der Waals surface area contributed by atoms with Crippen molar-refractivity contribution in [3.8, 4) is 0 Å². The number of rotatable bonds is 5. The fourth-order valence-electron chi connectivity index (χ4n) is 2.36. The molecule has 6 nitrogen and oxygen atoms in total. The minimum atomic E-state index is -0.451. The van der Waals surface area contributed by atoms with E-state index in [4.69, 9.17) is 0 Å². The van der Waals surface area contributed by atoms with Crippen LogP contribution in [0.1, 0.15) is 21.7 Å². The van der Waals surface area contributed by atoms with Gasteiger partial charge in [-0.15, -0.1) is 11.3 Å². The zero-order valence-corrected chi connectivity index (χ0v) is 14.8. The maximum absolute atomic E-state index is 12.1. The van der Waals surface area contributed by atoms with Crippen molar-refractivity contribution in [1.29, 1.82) is 0 Å². The van der Waals surface area contributed by atoms with Crippen LogP contribution in [0.15, 0.2) is 47.5 Å². The molecule has 1 aromatic carbocycles. The summed E-state index contributed by atoms with van der Waals surface area (Å²) in [6.07, 6.45) is 3.71. The number of aryl methyl sites for hydroxylation is 2. The first-order valence-corrected chi connectivity index (χ1v) is 8.66. The highest BCUT2D eigenvalue weighted by Gasteiger charge is 2.12. The van der Waals surface area contributed by atoms with E-state index in [0.717, 1.165) is 17.0 Å². The fourth-order valence-corrected chi connectivity index (χ4v) is 3.37. The maximum Gasteiger partial charge on any atom is 0.347 e. The second-order valence-corrected chi connectivity index (χ2v) is 6.85. The van der Waals surface area contributed by atoms with Crippen molar-refractivity contribution in [3.05, 3.63) is 74.9 Å². The molecule has 2 aromatic heterocycles. The molecule has 2 heterocycles. The smallest absolute Gasteiger partial charge is 0.300 e. The third kappa shape index (κ3) is 4.39. The zero-order chi connectivity index (χ0) is 17.8. The summed E-state index contributed by atoms with van der Waals surface area (Å²) in [6, 6.07) is 9.98. The third-order valence-corrected chi connectivity index (χ3v) is 4.79. The minimum Gasteiger partial charge on any atom is -0.300 e. The lowest BCUT2D eigenvalue weighted by atomic mass is 10.1. The predicted octanol–water partition coefficient (Wildman–Crippen LogP) is 2.55. The van der Waals surface area contributed by atoms with Gasteiger partial charge < -0.3 is 5.32 Å². The van der Waals surface area contributed by atoms with Crippen LogP contribution in [0.2, 0.25) is 0 Å². The van der Waals surface area contributed by atoms with Crippen LogP contribution in [0.4, 0.5) is 5.13 Å². The number of carbonyl (C=O) groups is 1. The molecule has 1 N–H and O–H groups in total. The Morgan fingerprint density at radius 3 is 2.72 bits per heavy atom. The molecule has 3 aromatic rings. The standard InChI is InChI=1S/C18H18N4O2S/c1-12-4-6-14(7-5-12)10-15-13(2)20-17(25-15)21-16(23)11-22-9-3-8-19-18(22)24/h3-9H,10-11H2,1-2H3,(H,20,21,23). The van der Waals surface area contributed by atoms with Crippen molar-refractivity contribution in [2.24, 2.45) is 0 Å². The Kier molecular flexibility index (Phi) is 5.04. The van der Waals surface area contributed by atoms with E-state index in [0.29, 0.717) is 5.13 Å². The number of aromatic nitrogens is 3. The lowest BCUT2D eigenvalue weighted by Crippen LogP contribution is -2.28. The number of thiazole rings is 1. The Balaban J connectivity index is 1.67. The van der Waals surface area contributed by atoms with Gasteiger partial charge in [0.25, 0.3) is 0 Å². The fraction of sp³-hybridized carbons (Fsp3) is 0.222. The molecular formula is C18H18N4O2S. The van der Waals surface area contributed by atoms with Gasteiger partial charge in [-0.1, -0.05) is 29.8 Å². The van der Waals surface area contributed by atoms with E-state index in [9.17, 15) is 9.59 Å². The highest BCUT2D eigenvalue weighted by Crippen LogP contribution is 2.25. The number of anilines is 1. The number of amides is 1. The van der Waals surface area contributed by atoms with E-state index in [-0.39, 0.29) is 12.5 Å². The van der Waals surface area contributed by atoms with Gasteiger partial charge in [-0.05, 0) is 25.5 Å². The molecule has 7 heteroatoms. The number of hydrogen-bond donors (Lipinski definition) is 1. The molecule has 0 radical (unpaired) electrons. The number of nitrogens with one attached hydrogen (secondary N) is 1. The summed E-state index contributed by atoms with van der Waals surface area (Å²) in [4.78, 5) is 32.8. The molecule has 0 bridgehead atoms. The highest BCUT2D eigenvalue weighted by atomic mass is 32.1. The van der Waals surface area contributed by atoms with Crippen molar-refractivity contribution in [2.75, 3.05) is 5.32 Å². The lowest BCUT2D eigenvalue weighted by molar-refractivity contribution is -0.116. The molecule has 0 aliphatic rings. The molecule has 0 saturated carbocycles. The number of benzene rings is 1. The average molecular weight is 354 g/mol. The molecular weight excluding hydrogens is 336 g/mol. The highest BCUT2D eigenvalue weighted by molar-refractivity contribution is 7.15. The Hall–Kier alpha value is -2.80. The van der Waals surface area contributed by atoms with E-state index >= 15 is 0 Å². The molecule has 0 atom stereocenters. The zero-order valence-electron chi connectivity index (χ0n) is 14.0. The van der Waals surface area contributed by atoms with Gasteiger partial charge in [0.2, 0.25) is 5.91 Å². The molecule has 0 fully saturated rings. The van der Waals surface area contributed by atoms with Crippen LogP contribution in [-0.4, -0.2) is 20.4 Å². The summed E-state index contributed by atoms with van der Waals surface area (Å²) in [5.74, 6) is -0.300. The SMILES string of the molecule is Cc1ccc(Cc2sc(NC(=O)Cn3cccnc3=O)nc2C)cc1. The minimum absolute atomic E-state index is 0.0847. The summed E-state index contributed by atoms with van der Waals surface area (Å²) in [7, 11) is 0. The Morgan fingerprint density at radius 1 is 1.24 bits per heavy atom. The predicted molar refractivity (Wildman–Crippen MR) is 98.0 cm³/mol. The van der Waals surface area contributed by atoms with Gasteiger partial charge in [-0.25, -0.2) is 14.8 Å². The van der Waals surface area contributed by atoms with Gasteiger partial charge in [-0.3, -0.25) is 9.36 Å². The summed E-state index contributed by atoms with van der Waals surface area (Å²) >= 11 is 1.46. The third-order valence-electron chi connectivity index (χ3n) is 3.72. The van der Waals surface area contributed by atoms with Crippen LogP contribution in [0.5, 0.6) is 0 Å². The van der Waals surface area contributed by atoms with Gasteiger partial charge >= 0.3 is 5.69 Å². The van der Waals surface area contributed by atoms with Crippen LogP contribution in [0.25, 0.3) is 0 Å². The van der Waals surface area contributed by atoms with Gasteiger partial charge in [0.15, 0.2) is 5.13 Å². The Morgan fingerprint density at radius 2 is 2.00 bits per heavy atom. The Labute approximate surface area is 149 Å². The normalized spacial score (nSPS) is 10.6. The van der Waals surface area contributed by atoms with Gasteiger partial charge in [0, 0.05) is 23.7 Å². The quantitative estimate of drug-likeness (QED) is 0.764. The number of nitrogens with zero attached hydrogens (tertiary/aromatic N) is 3. The molecule has 25 heavy (non-hydrogen) atoms. The van der Waals surface area contributed by atoms with Gasteiger partial charge in [-0.2, -0.15) is 0 Å². The maximum atomic E-state index is 12.1. The first kappa shape index (κ1) is 17.0. The monoisotopic (exact) mass is 354 g/mol. The van der Waals surface area contributed by atoms with E-state index in [1.54, 1.807) is 6.07 Å². The first-order valence-electron chi connectivity index (χ1n) is 7.84. The summed E-state index contributed by atoms with van der Waals surface area (Å²) in [6.45, 7) is 3.91. The molecule has 0 unspecified atom stereocenters. The summed E-state index contributed by atoms with van der Waals surface area (Å²) < 4.78 is 1.25. The van der Waals surface area contributed by atoms with E-state index < -0.39 is 5.69 Å². The van der Waals surface area contributed by atoms with Crippen molar-refractivity contribution >= 4 is 22.4 Å². The molecule has 0 aliphatic heterocycles. The van der Waals surface area contributed by atoms with E-state index in [1.165, 1.54) is 39.4 Å². The van der Waals surface area contributed by atoms with Crippen LogP contribution in [0.3, 0.4) is 0 Å². The first-order chi connectivity index (χ1) is 12.0. The summed E-state index contributed by atoms with van der Waals surface area (Å²) in [5, 5.41) is 3.30. The molecule has 0 spiro atoms. The molecule has 3 rings (SSSR count). The van der Waals surface area contributed by atoms with E-state index in [1.807, 2.05) is 6.92 Å². The van der Waals surface area contributed by atoms with Crippen LogP contribution < -0.4 is 11.0 Å². The van der Waals surface area contributed by atoms with Gasteiger partial charge in [0.05, 0.1) is 5.69 Å². The van der Waals surface area contributed by atoms with E-state index in [2.05, 4.69) is 46.5 Å². The largest absolute Gasteiger partial charge is 0.347 e. The number of hydrogen-bond acceptors (Lipinski definition) is 5. The topological polar surface area (TPSA) is 76.9 Å². The molecule has 0 saturated heterocycles. The second kappa shape index (κ2) is 7.40. The summed E-state index contributed by atoms with van der Waals surface area (Å²) in [5.41, 5.74) is 2.88. The Bertz CT molecular complexity index is 944. The van der Waals surface area contributed by atoms with Crippen molar-refractivity contribution in [3.63, 3.8) is 0 Å². The van der Waals surface area contributed by atoms with Crippen molar-refractivity contribution in [1.82, 2.24) is 14.5 Å². The average Bonchev–Trinajstić information content (AvgIpc) is 2.91. The second-order valence-electron chi connectivity index (χ2n) is 5.77. The molecule has 1 amide bonds. The van der Waals surface area contributed by atoms with Crippen LogP contribution in [-0.2, 0) is 17.8 Å². The van der Waals surface area contributed by atoms with Crippen molar-refractivity contribution in [2.45, 2.75) is 26.8 Å². The number of carbonyl (C=O) groups excluding carboxylic acids is 1. The van der Waals surface area contributed by atoms with Gasteiger partial charge in [0.1, 0.15) is 6.54 Å².